The first-order valence-corrected chi connectivity index (χ1v) is 14.2. The Hall–Kier alpha value is -2.15. The van der Waals surface area contributed by atoms with E-state index in [0.29, 0.717) is 18.0 Å². The minimum Gasteiger partial charge on any atom is -0.373 e. The molecule has 4 aliphatic rings. The van der Waals surface area contributed by atoms with Gasteiger partial charge in [-0.2, -0.15) is 0 Å². The molecule has 1 saturated heterocycles. The molecule has 3 unspecified atom stereocenters. The lowest BCUT2D eigenvalue weighted by atomic mass is 9.74. The number of nitrogens with zero attached hydrogens (tertiary/aromatic N) is 2. The molecule has 1 aromatic rings. The third kappa shape index (κ3) is 5.00. The number of carbonyl (C=O) groups excluding carboxylic acids is 2. The van der Waals surface area contributed by atoms with Crippen molar-refractivity contribution in [1.82, 2.24) is 15.1 Å². The fourth-order valence-electron chi connectivity index (χ4n) is 7.55. The Kier molecular flexibility index (Phi) is 7.57. The number of fused-ring (bicyclic) bond motifs is 1. The molecule has 36 heavy (non-hydrogen) atoms. The molecule has 5 atom stereocenters. The molecule has 2 N–H and O–H groups in total. The fourth-order valence-corrected chi connectivity index (χ4v) is 7.55. The van der Waals surface area contributed by atoms with Crippen LogP contribution in [-0.4, -0.2) is 65.4 Å². The molecule has 0 bridgehead atoms. The van der Waals surface area contributed by atoms with E-state index in [2.05, 4.69) is 22.5 Å². The average molecular weight is 499 g/mol. The number of nitrogens with one attached hydrogen (secondary N) is 2. The Morgan fingerprint density at radius 1 is 1.06 bits per heavy atom. The summed E-state index contributed by atoms with van der Waals surface area (Å²) in [7, 11) is 0. The zero-order valence-corrected chi connectivity index (χ0v) is 22.2. The number of benzene rings is 1. The van der Waals surface area contributed by atoms with E-state index in [-0.39, 0.29) is 29.6 Å². The van der Waals surface area contributed by atoms with E-state index in [1.165, 1.54) is 6.42 Å². The maximum atomic E-state index is 15.1. The summed E-state index contributed by atoms with van der Waals surface area (Å²) in [6, 6.07) is 3.88. The highest BCUT2D eigenvalue weighted by atomic mass is 19.1. The van der Waals surface area contributed by atoms with Crippen LogP contribution in [0, 0.1) is 18.7 Å². The second kappa shape index (κ2) is 10.7. The Labute approximate surface area is 215 Å². The van der Waals surface area contributed by atoms with E-state index in [1.54, 1.807) is 13.0 Å². The van der Waals surface area contributed by atoms with Crippen LogP contribution in [0.5, 0.6) is 0 Å². The lowest BCUT2D eigenvalue weighted by molar-refractivity contribution is -0.132. The molecule has 6 nitrogen and oxygen atoms in total. The van der Waals surface area contributed by atoms with Gasteiger partial charge in [0.1, 0.15) is 11.9 Å². The minimum atomic E-state index is -0.405. The molecule has 5 rings (SSSR count). The van der Waals surface area contributed by atoms with Crippen LogP contribution < -0.4 is 10.6 Å². The highest BCUT2D eigenvalue weighted by molar-refractivity contribution is 5.89. The van der Waals surface area contributed by atoms with Crippen LogP contribution in [0.1, 0.15) is 88.7 Å². The van der Waals surface area contributed by atoms with Gasteiger partial charge in [0.15, 0.2) is 0 Å². The second-order valence-corrected chi connectivity index (χ2v) is 11.8. The van der Waals surface area contributed by atoms with Crippen LogP contribution in [0.15, 0.2) is 12.1 Å². The van der Waals surface area contributed by atoms with Crippen molar-refractivity contribution in [3.8, 4) is 0 Å². The highest BCUT2D eigenvalue weighted by Crippen LogP contribution is 2.48. The van der Waals surface area contributed by atoms with Gasteiger partial charge >= 0.3 is 0 Å². The quantitative estimate of drug-likeness (QED) is 0.638. The van der Waals surface area contributed by atoms with E-state index in [9.17, 15) is 9.59 Å². The summed E-state index contributed by atoms with van der Waals surface area (Å²) in [6.07, 6.45) is 9.86. The normalized spacial score (nSPS) is 31.6. The van der Waals surface area contributed by atoms with Crippen LogP contribution in [-0.2, 0) is 9.59 Å². The monoisotopic (exact) mass is 498 g/mol. The van der Waals surface area contributed by atoms with Crippen LogP contribution in [0.2, 0.25) is 0 Å². The average Bonchev–Trinajstić information content (AvgIpc) is 3.29. The molecule has 2 amide bonds. The van der Waals surface area contributed by atoms with E-state index in [1.807, 2.05) is 17.9 Å². The summed E-state index contributed by atoms with van der Waals surface area (Å²) in [6.45, 7) is 8.32. The number of anilines is 1. The third-order valence-electron chi connectivity index (χ3n) is 9.42. The molecule has 2 aliphatic heterocycles. The zero-order valence-electron chi connectivity index (χ0n) is 22.2. The molecule has 2 aliphatic carbocycles. The summed E-state index contributed by atoms with van der Waals surface area (Å²) in [5.74, 6) is 0.252. The fraction of sp³-hybridized carbons (Fsp3) is 0.724. The van der Waals surface area contributed by atoms with Gasteiger partial charge in [-0.25, -0.2) is 4.39 Å². The highest BCUT2D eigenvalue weighted by Gasteiger charge is 2.45. The summed E-state index contributed by atoms with van der Waals surface area (Å²) in [5.41, 5.74) is 2.59. The molecular formula is C29H43FN4O2. The van der Waals surface area contributed by atoms with Crippen molar-refractivity contribution in [2.75, 3.05) is 25.0 Å². The standard InChI is InChI=1S/C29H43FN4O2/c1-18-12-13-24(30)26-25(21-8-5-4-6-9-21)28(32-27(18)26)29(36)31-22-10-7-11-23(16-22)34-15-14-33(20(3)35)17-19(34)2/h12-13,19,21-23,25,28,32H,4-11,14-17H2,1-3H3,(H,31,36)/t19-,22-,23?,25?,28?/m1/s1. The zero-order chi connectivity index (χ0) is 25.4. The summed E-state index contributed by atoms with van der Waals surface area (Å²) < 4.78 is 15.1. The van der Waals surface area contributed by atoms with Crippen LogP contribution in [0.3, 0.4) is 0 Å². The first-order chi connectivity index (χ1) is 17.3. The van der Waals surface area contributed by atoms with E-state index < -0.39 is 6.04 Å². The van der Waals surface area contributed by atoms with Gasteiger partial charge in [0.25, 0.3) is 0 Å². The SMILES string of the molecule is CC(=O)N1CCN(C2CCC[C@@H](NC(=O)C3Nc4c(C)ccc(F)c4C3C3CCCCC3)C2)[C@H](C)C1. The van der Waals surface area contributed by atoms with Crippen molar-refractivity contribution in [3.63, 3.8) is 0 Å². The Bertz CT molecular complexity index is 978. The summed E-state index contributed by atoms with van der Waals surface area (Å²) in [5, 5.41) is 6.88. The van der Waals surface area contributed by atoms with Crippen LogP contribution >= 0.6 is 0 Å². The second-order valence-electron chi connectivity index (χ2n) is 11.8. The summed E-state index contributed by atoms with van der Waals surface area (Å²) in [4.78, 5) is 30.1. The van der Waals surface area contributed by atoms with Gasteiger partial charge in [-0.15, -0.1) is 0 Å². The largest absolute Gasteiger partial charge is 0.373 e. The molecule has 0 spiro atoms. The van der Waals surface area contributed by atoms with Crippen LogP contribution in [0.25, 0.3) is 0 Å². The number of piperazine rings is 1. The molecule has 2 saturated carbocycles. The van der Waals surface area contributed by atoms with Crippen molar-refractivity contribution in [2.24, 2.45) is 5.92 Å². The number of aryl methyl sites for hydroxylation is 1. The maximum Gasteiger partial charge on any atom is 0.243 e. The van der Waals surface area contributed by atoms with Crippen molar-refractivity contribution >= 4 is 17.5 Å². The van der Waals surface area contributed by atoms with Gasteiger partial charge in [-0.1, -0.05) is 25.3 Å². The van der Waals surface area contributed by atoms with Gasteiger partial charge in [0.2, 0.25) is 11.8 Å². The smallest absolute Gasteiger partial charge is 0.243 e. The van der Waals surface area contributed by atoms with Crippen molar-refractivity contribution in [2.45, 2.75) is 109 Å². The molecule has 1 aromatic carbocycles. The number of carbonyl (C=O) groups is 2. The summed E-state index contributed by atoms with van der Waals surface area (Å²) >= 11 is 0. The number of hydrogen-bond acceptors (Lipinski definition) is 4. The maximum absolute atomic E-state index is 15.1. The molecule has 7 heteroatoms. The molecule has 0 aromatic heterocycles. The van der Waals surface area contributed by atoms with Gasteiger partial charge in [0.05, 0.1) is 0 Å². The van der Waals surface area contributed by atoms with Gasteiger partial charge in [-0.3, -0.25) is 14.5 Å². The molecule has 0 radical (unpaired) electrons. The molecule has 3 fully saturated rings. The third-order valence-corrected chi connectivity index (χ3v) is 9.42. The van der Waals surface area contributed by atoms with Crippen molar-refractivity contribution in [1.29, 1.82) is 0 Å². The van der Waals surface area contributed by atoms with E-state index in [0.717, 1.165) is 87.8 Å². The van der Waals surface area contributed by atoms with E-state index >= 15 is 4.39 Å². The molecular weight excluding hydrogens is 455 g/mol. The molecule has 198 valence electrons. The predicted octanol–water partition coefficient (Wildman–Crippen LogP) is 4.57. The van der Waals surface area contributed by atoms with Crippen molar-refractivity contribution in [3.05, 3.63) is 29.1 Å². The van der Waals surface area contributed by atoms with Gasteiger partial charge in [-0.05, 0) is 69.9 Å². The lowest BCUT2D eigenvalue weighted by Gasteiger charge is -2.46. The number of rotatable bonds is 4. The first kappa shape index (κ1) is 25.5. The number of hydrogen-bond donors (Lipinski definition) is 2. The number of amides is 2. The first-order valence-electron chi connectivity index (χ1n) is 14.2. The topological polar surface area (TPSA) is 64.7 Å². The Morgan fingerprint density at radius 2 is 1.83 bits per heavy atom. The molecule has 2 heterocycles. The van der Waals surface area contributed by atoms with Crippen LogP contribution in [0.4, 0.5) is 10.1 Å². The van der Waals surface area contributed by atoms with E-state index in [4.69, 9.17) is 0 Å². The van der Waals surface area contributed by atoms with Crippen molar-refractivity contribution < 1.29 is 14.0 Å². The Balaban J connectivity index is 1.28. The number of halogens is 1. The lowest BCUT2D eigenvalue weighted by Crippen LogP contribution is -2.58. The van der Waals surface area contributed by atoms with Gasteiger partial charge < -0.3 is 15.5 Å². The minimum absolute atomic E-state index is 0.0284. The van der Waals surface area contributed by atoms with Gasteiger partial charge in [0, 0.05) is 61.9 Å². The Morgan fingerprint density at radius 3 is 2.56 bits per heavy atom. The predicted molar refractivity (Wildman–Crippen MR) is 140 cm³/mol.